The van der Waals surface area contributed by atoms with Crippen LogP contribution in [0, 0.1) is 0 Å². The SMILES string of the molecule is C[C@H](NC(=O)OC(C)(C)C)C(=O)N[C@@H](Cc1ccccc1)NC(=O)ON1C(=O)CCC1=O. The van der Waals surface area contributed by atoms with Crippen molar-refractivity contribution in [2.75, 3.05) is 0 Å². The average molecular weight is 448 g/mol. The molecule has 0 spiro atoms. The van der Waals surface area contributed by atoms with Crippen LogP contribution in [-0.4, -0.2) is 52.8 Å². The van der Waals surface area contributed by atoms with Gasteiger partial charge in [-0.05, 0) is 33.3 Å². The van der Waals surface area contributed by atoms with Gasteiger partial charge in [-0.1, -0.05) is 30.3 Å². The number of nitrogens with one attached hydrogen (secondary N) is 3. The topological polar surface area (TPSA) is 143 Å². The number of amides is 5. The predicted molar refractivity (Wildman–Crippen MR) is 112 cm³/mol. The van der Waals surface area contributed by atoms with Crippen molar-refractivity contribution < 1.29 is 33.5 Å². The molecule has 174 valence electrons. The van der Waals surface area contributed by atoms with E-state index in [9.17, 15) is 24.0 Å². The first kappa shape index (κ1) is 24.6. The largest absolute Gasteiger partial charge is 0.444 e. The van der Waals surface area contributed by atoms with E-state index < -0.39 is 47.7 Å². The number of nitrogens with zero attached hydrogens (tertiary/aromatic N) is 1. The van der Waals surface area contributed by atoms with Crippen molar-refractivity contribution >= 4 is 29.9 Å². The molecule has 32 heavy (non-hydrogen) atoms. The van der Waals surface area contributed by atoms with Gasteiger partial charge in [-0.2, -0.15) is 0 Å². The van der Waals surface area contributed by atoms with Crippen LogP contribution < -0.4 is 16.0 Å². The molecule has 1 aliphatic heterocycles. The zero-order chi connectivity index (χ0) is 23.9. The van der Waals surface area contributed by atoms with E-state index in [0.29, 0.717) is 5.06 Å². The van der Waals surface area contributed by atoms with Crippen molar-refractivity contribution in [2.45, 2.75) is 64.8 Å². The van der Waals surface area contributed by atoms with E-state index in [1.807, 2.05) is 6.07 Å². The molecule has 0 bridgehead atoms. The van der Waals surface area contributed by atoms with E-state index in [4.69, 9.17) is 9.57 Å². The van der Waals surface area contributed by atoms with E-state index in [-0.39, 0.29) is 19.3 Å². The van der Waals surface area contributed by atoms with Crippen LogP contribution in [0.25, 0.3) is 0 Å². The van der Waals surface area contributed by atoms with Gasteiger partial charge in [0.15, 0.2) is 0 Å². The van der Waals surface area contributed by atoms with Crippen molar-refractivity contribution in [2.24, 2.45) is 0 Å². The lowest BCUT2D eigenvalue weighted by atomic mass is 10.1. The first-order valence-electron chi connectivity index (χ1n) is 10.1. The molecule has 0 aromatic heterocycles. The van der Waals surface area contributed by atoms with Gasteiger partial charge in [-0.15, -0.1) is 5.06 Å². The van der Waals surface area contributed by atoms with E-state index in [0.717, 1.165) is 5.56 Å². The fraction of sp³-hybridized carbons (Fsp3) is 0.476. The summed E-state index contributed by atoms with van der Waals surface area (Å²) in [5.74, 6) is -1.83. The number of hydrogen-bond donors (Lipinski definition) is 3. The monoisotopic (exact) mass is 448 g/mol. The standard InChI is InChI=1S/C21H28N4O7/c1-13(22-19(29)31-21(2,3)4)18(28)23-15(12-14-8-6-5-7-9-14)24-20(30)32-25-16(26)10-11-17(25)27/h5-9,13,15H,10-12H2,1-4H3,(H,22,29)(H,23,28)(H,24,30)/t13-,15+/m0/s1. The Balaban J connectivity index is 2.01. The molecule has 1 aromatic carbocycles. The molecular weight excluding hydrogens is 420 g/mol. The van der Waals surface area contributed by atoms with Gasteiger partial charge in [0, 0.05) is 19.3 Å². The number of hydrogen-bond acceptors (Lipinski definition) is 7. The highest BCUT2D eigenvalue weighted by atomic mass is 16.7. The van der Waals surface area contributed by atoms with Crippen molar-refractivity contribution in [3.05, 3.63) is 35.9 Å². The van der Waals surface area contributed by atoms with Gasteiger partial charge in [0.1, 0.15) is 17.8 Å². The molecule has 11 heteroatoms. The Hall–Kier alpha value is -3.63. The van der Waals surface area contributed by atoms with E-state index >= 15 is 0 Å². The Morgan fingerprint density at radius 3 is 2.12 bits per heavy atom. The lowest BCUT2D eigenvalue weighted by Crippen LogP contribution is -2.55. The molecule has 1 aromatic rings. The molecule has 11 nitrogen and oxygen atoms in total. The number of ether oxygens (including phenoxy) is 1. The maximum Gasteiger partial charge on any atom is 0.433 e. The molecule has 0 radical (unpaired) electrons. The molecule has 1 aliphatic rings. The molecule has 3 N–H and O–H groups in total. The molecule has 0 aliphatic carbocycles. The van der Waals surface area contributed by atoms with Crippen molar-refractivity contribution in [3.8, 4) is 0 Å². The van der Waals surface area contributed by atoms with Crippen LogP contribution in [0.5, 0.6) is 0 Å². The Morgan fingerprint density at radius 2 is 1.56 bits per heavy atom. The van der Waals surface area contributed by atoms with Crippen LogP contribution in [0.4, 0.5) is 9.59 Å². The predicted octanol–water partition coefficient (Wildman–Crippen LogP) is 1.37. The van der Waals surface area contributed by atoms with Crippen LogP contribution in [0.3, 0.4) is 0 Å². The van der Waals surface area contributed by atoms with Crippen molar-refractivity contribution in [1.82, 2.24) is 21.0 Å². The summed E-state index contributed by atoms with van der Waals surface area (Å²) < 4.78 is 5.13. The molecule has 0 saturated carbocycles. The van der Waals surface area contributed by atoms with Gasteiger partial charge in [0.2, 0.25) is 5.91 Å². The van der Waals surface area contributed by atoms with Crippen LogP contribution in [-0.2, 0) is 30.4 Å². The molecule has 2 atom stereocenters. The molecule has 2 rings (SSSR count). The highest BCUT2D eigenvalue weighted by molar-refractivity contribution is 6.01. The lowest BCUT2D eigenvalue weighted by molar-refractivity contribution is -0.171. The van der Waals surface area contributed by atoms with Crippen LogP contribution in [0.15, 0.2) is 30.3 Å². The van der Waals surface area contributed by atoms with Gasteiger partial charge in [0.05, 0.1) is 0 Å². The van der Waals surface area contributed by atoms with Gasteiger partial charge in [-0.25, -0.2) is 9.59 Å². The molecular formula is C21H28N4O7. The van der Waals surface area contributed by atoms with Gasteiger partial charge in [0.25, 0.3) is 11.8 Å². The van der Waals surface area contributed by atoms with Crippen molar-refractivity contribution in [3.63, 3.8) is 0 Å². The smallest absolute Gasteiger partial charge is 0.433 e. The highest BCUT2D eigenvalue weighted by Gasteiger charge is 2.33. The summed E-state index contributed by atoms with van der Waals surface area (Å²) in [4.78, 5) is 64.8. The number of alkyl carbamates (subject to hydrolysis) is 1. The molecule has 0 unspecified atom stereocenters. The Kier molecular flexibility index (Phi) is 8.16. The first-order valence-corrected chi connectivity index (χ1v) is 10.1. The molecule has 5 amide bonds. The zero-order valence-electron chi connectivity index (χ0n) is 18.5. The number of hydroxylamine groups is 2. The minimum atomic E-state index is -1.08. The fourth-order valence-electron chi connectivity index (χ4n) is 2.74. The summed E-state index contributed by atoms with van der Waals surface area (Å²) in [6.07, 6.45) is -2.69. The Bertz CT molecular complexity index is 851. The Labute approximate surface area is 185 Å². The zero-order valence-corrected chi connectivity index (χ0v) is 18.5. The number of carbonyl (C=O) groups is 5. The Morgan fingerprint density at radius 1 is 0.969 bits per heavy atom. The third-order valence-electron chi connectivity index (χ3n) is 4.20. The maximum atomic E-state index is 12.6. The number of carbonyl (C=O) groups excluding carboxylic acids is 5. The quantitative estimate of drug-likeness (QED) is 0.422. The van der Waals surface area contributed by atoms with Crippen LogP contribution in [0.1, 0.15) is 46.1 Å². The maximum absolute atomic E-state index is 12.6. The van der Waals surface area contributed by atoms with E-state index in [1.165, 1.54) is 6.92 Å². The first-order chi connectivity index (χ1) is 14.9. The second-order valence-corrected chi connectivity index (χ2v) is 8.22. The number of rotatable bonds is 7. The third kappa shape index (κ3) is 7.89. The highest BCUT2D eigenvalue weighted by Crippen LogP contribution is 2.12. The fourth-order valence-corrected chi connectivity index (χ4v) is 2.74. The van der Waals surface area contributed by atoms with Gasteiger partial charge in [-0.3, -0.25) is 19.7 Å². The minimum Gasteiger partial charge on any atom is -0.444 e. The third-order valence-corrected chi connectivity index (χ3v) is 4.20. The number of imide groups is 1. The summed E-state index contributed by atoms with van der Waals surface area (Å²) in [5.41, 5.74) is 0.0606. The van der Waals surface area contributed by atoms with Crippen LogP contribution >= 0.6 is 0 Å². The van der Waals surface area contributed by atoms with Crippen LogP contribution in [0.2, 0.25) is 0 Å². The van der Waals surface area contributed by atoms with Crippen molar-refractivity contribution in [1.29, 1.82) is 0 Å². The molecule has 1 fully saturated rings. The van der Waals surface area contributed by atoms with E-state index in [1.54, 1.807) is 45.0 Å². The normalized spacial score (nSPS) is 15.6. The average Bonchev–Trinajstić information content (AvgIpc) is 2.99. The lowest BCUT2D eigenvalue weighted by Gasteiger charge is -2.24. The summed E-state index contributed by atoms with van der Waals surface area (Å²) in [6, 6.07) is 8.02. The summed E-state index contributed by atoms with van der Waals surface area (Å²) in [7, 11) is 0. The second kappa shape index (κ2) is 10.6. The molecule has 1 heterocycles. The summed E-state index contributed by atoms with van der Waals surface area (Å²) in [5, 5.41) is 7.85. The van der Waals surface area contributed by atoms with E-state index in [2.05, 4.69) is 16.0 Å². The molecule has 1 saturated heterocycles. The number of benzene rings is 1. The summed E-state index contributed by atoms with van der Waals surface area (Å²) >= 11 is 0. The van der Waals surface area contributed by atoms with Gasteiger partial charge < -0.3 is 20.2 Å². The summed E-state index contributed by atoms with van der Waals surface area (Å²) in [6.45, 7) is 6.54. The van der Waals surface area contributed by atoms with Gasteiger partial charge >= 0.3 is 12.2 Å². The minimum absolute atomic E-state index is 0.0376. The second-order valence-electron chi connectivity index (χ2n) is 8.22.